The van der Waals surface area contributed by atoms with E-state index in [-0.39, 0.29) is 0 Å². The molecular formula is C11H25N. The topological polar surface area (TPSA) is 12.0 Å². The first-order valence-electron chi connectivity index (χ1n) is 5.31. The fourth-order valence-corrected chi connectivity index (χ4v) is 1.50. The second-order valence-electron chi connectivity index (χ2n) is 4.34. The molecule has 1 atom stereocenters. The number of unbranched alkanes of at least 4 members (excludes halogenated alkanes) is 1. The lowest BCUT2D eigenvalue weighted by Gasteiger charge is -2.10. The largest absolute Gasteiger partial charge is 0.319 e. The second kappa shape index (κ2) is 7.60. The van der Waals surface area contributed by atoms with Crippen molar-refractivity contribution in [3.05, 3.63) is 0 Å². The molecule has 1 nitrogen and oxygen atoms in total. The van der Waals surface area contributed by atoms with Gasteiger partial charge in [-0.25, -0.2) is 0 Å². The lowest BCUT2D eigenvalue weighted by Crippen LogP contribution is -2.15. The Kier molecular flexibility index (Phi) is 7.58. The van der Waals surface area contributed by atoms with Crippen LogP contribution in [-0.2, 0) is 0 Å². The highest BCUT2D eigenvalue weighted by molar-refractivity contribution is 4.56. The fraction of sp³-hybridized carbons (Fsp3) is 1.00. The zero-order valence-electron chi connectivity index (χ0n) is 9.19. The van der Waals surface area contributed by atoms with Gasteiger partial charge in [0.25, 0.3) is 0 Å². The van der Waals surface area contributed by atoms with E-state index in [1.807, 2.05) is 7.05 Å². The van der Waals surface area contributed by atoms with Crippen LogP contribution >= 0.6 is 0 Å². The van der Waals surface area contributed by atoms with E-state index in [1.54, 1.807) is 0 Å². The highest BCUT2D eigenvalue weighted by Crippen LogP contribution is 2.11. The van der Waals surface area contributed by atoms with Crippen molar-refractivity contribution in [2.24, 2.45) is 11.8 Å². The quantitative estimate of drug-likeness (QED) is 0.580. The van der Waals surface area contributed by atoms with E-state index in [4.69, 9.17) is 0 Å². The molecule has 0 heterocycles. The Bertz CT molecular complexity index is 89.0. The van der Waals surface area contributed by atoms with E-state index in [0.29, 0.717) is 0 Å². The summed E-state index contributed by atoms with van der Waals surface area (Å²) in [5.74, 6) is 1.73. The van der Waals surface area contributed by atoms with Gasteiger partial charge in [0.2, 0.25) is 0 Å². The van der Waals surface area contributed by atoms with Crippen molar-refractivity contribution in [3.63, 3.8) is 0 Å². The number of rotatable bonds is 7. The Hall–Kier alpha value is -0.0400. The predicted octanol–water partition coefficient (Wildman–Crippen LogP) is 3.06. The first kappa shape index (κ1) is 12.0. The van der Waals surface area contributed by atoms with Gasteiger partial charge in [-0.1, -0.05) is 40.0 Å². The molecule has 0 aromatic heterocycles. The number of hydrogen-bond acceptors (Lipinski definition) is 1. The van der Waals surface area contributed by atoms with Crippen molar-refractivity contribution < 1.29 is 0 Å². The van der Waals surface area contributed by atoms with Crippen LogP contribution in [0.5, 0.6) is 0 Å². The Balaban J connectivity index is 3.08. The van der Waals surface area contributed by atoms with E-state index in [0.717, 1.165) is 11.8 Å². The van der Waals surface area contributed by atoms with E-state index in [1.165, 1.54) is 32.2 Å². The van der Waals surface area contributed by atoms with Crippen LogP contribution in [0.1, 0.15) is 46.5 Å². The van der Waals surface area contributed by atoms with Crippen molar-refractivity contribution in [3.8, 4) is 0 Å². The third-order valence-electron chi connectivity index (χ3n) is 2.28. The number of nitrogens with one attached hydrogen (secondary N) is 1. The molecule has 0 aliphatic heterocycles. The molecule has 1 heteroatoms. The summed E-state index contributed by atoms with van der Waals surface area (Å²) in [5, 5.41) is 3.22. The van der Waals surface area contributed by atoms with Crippen LogP contribution in [0.3, 0.4) is 0 Å². The third kappa shape index (κ3) is 8.06. The van der Waals surface area contributed by atoms with Gasteiger partial charge in [0.05, 0.1) is 0 Å². The Morgan fingerprint density at radius 1 is 1.00 bits per heavy atom. The fourth-order valence-electron chi connectivity index (χ4n) is 1.50. The second-order valence-corrected chi connectivity index (χ2v) is 4.34. The van der Waals surface area contributed by atoms with Gasteiger partial charge in [-0.05, 0) is 31.8 Å². The summed E-state index contributed by atoms with van der Waals surface area (Å²) in [7, 11) is 2.03. The number of hydrogen-bond donors (Lipinski definition) is 1. The maximum Gasteiger partial charge on any atom is -0.00262 e. The molecule has 0 amide bonds. The zero-order valence-corrected chi connectivity index (χ0v) is 9.19. The first-order valence-corrected chi connectivity index (χ1v) is 5.31. The average Bonchev–Trinajstić information content (AvgIpc) is 1.98. The molecule has 1 unspecified atom stereocenters. The lowest BCUT2D eigenvalue weighted by atomic mass is 10.00. The van der Waals surface area contributed by atoms with Crippen LogP contribution in [0.4, 0.5) is 0 Å². The normalized spacial score (nSPS) is 13.8. The third-order valence-corrected chi connectivity index (χ3v) is 2.28. The highest BCUT2D eigenvalue weighted by atomic mass is 14.8. The van der Waals surface area contributed by atoms with Gasteiger partial charge in [-0.2, -0.15) is 0 Å². The highest BCUT2D eigenvalue weighted by Gasteiger charge is 2.00. The molecule has 74 valence electrons. The van der Waals surface area contributed by atoms with Crippen molar-refractivity contribution in [1.29, 1.82) is 0 Å². The van der Waals surface area contributed by atoms with Crippen molar-refractivity contribution in [2.75, 3.05) is 13.6 Å². The maximum atomic E-state index is 3.22. The van der Waals surface area contributed by atoms with Gasteiger partial charge in [0, 0.05) is 0 Å². The SMILES string of the molecule is CNCC(C)CCCCC(C)C. The molecule has 0 rings (SSSR count). The van der Waals surface area contributed by atoms with Gasteiger partial charge in [0.1, 0.15) is 0 Å². The van der Waals surface area contributed by atoms with Crippen LogP contribution in [0.2, 0.25) is 0 Å². The molecule has 12 heavy (non-hydrogen) atoms. The summed E-state index contributed by atoms with van der Waals surface area (Å²) < 4.78 is 0. The Morgan fingerprint density at radius 2 is 1.58 bits per heavy atom. The molecule has 0 aromatic rings. The monoisotopic (exact) mass is 171 g/mol. The average molecular weight is 171 g/mol. The van der Waals surface area contributed by atoms with Crippen molar-refractivity contribution in [1.82, 2.24) is 5.32 Å². The molecule has 0 saturated carbocycles. The van der Waals surface area contributed by atoms with E-state index >= 15 is 0 Å². The van der Waals surface area contributed by atoms with Gasteiger partial charge in [0.15, 0.2) is 0 Å². The summed E-state index contributed by atoms with van der Waals surface area (Å²) in [6, 6.07) is 0. The molecule has 0 radical (unpaired) electrons. The minimum Gasteiger partial charge on any atom is -0.319 e. The van der Waals surface area contributed by atoms with Crippen LogP contribution < -0.4 is 5.32 Å². The van der Waals surface area contributed by atoms with Gasteiger partial charge in [-0.15, -0.1) is 0 Å². The Labute approximate surface area is 77.9 Å². The summed E-state index contributed by atoms with van der Waals surface area (Å²) in [6.07, 6.45) is 5.59. The van der Waals surface area contributed by atoms with Crippen LogP contribution in [0.15, 0.2) is 0 Å². The standard InChI is InChI=1S/C11H25N/c1-10(2)7-5-6-8-11(3)9-12-4/h10-12H,5-9H2,1-4H3. The van der Waals surface area contributed by atoms with E-state index in [9.17, 15) is 0 Å². The smallest absolute Gasteiger partial charge is 0.00262 e. The van der Waals surface area contributed by atoms with Crippen LogP contribution in [-0.4, -0.2) is 13.6 Å². The molecule has 1 N–H and O–H groups in total. The summed E-state index contributed by atoms with van der Waals surface area (Å²) >= 11 is 0. The van der Waals surface area contributed by atoms with Crippen LogP contribution in [0, 0.1) is 11.8 Å². The van der Waals surface area contributed by atoms with E-state index in [2.05, 4.69) is 26.1 Å². The van der Waals surface area contributed by atoms with Crippen molar-refractivity contribution in [2.45, 2.75) is 46.5 Å². The minimum atomic E-state index is 0.849. The molecule has 0 aliphatic rings. The van der Waals surface area contributed by atoms with Crippen LogP contribution in [0.25, 0.3) is 0 Å². The molecule has 0 saturated heterocycles. The maximum absolute atomic E-state index is 3.22. The summed E-state index contributed by atoms with van der Waals surface area (Å²) in [4.78, 5) is 0. The van der Waals surface area contributed by atoms with Gasteiger partial charge < -0.3 is 5.32 Å². The molecule has 0 fully saturated rings. The Morgan fingerprint density at radius 3 is 2.08 bits per heavy atom. The first-order chi connectivity index (χ1) is 5.66. The van der Waals surface area contributed by atoms with E-state index < -0.39 is 0 Å². The molecule has 0 aromatic carbocycles. The molecule has 0 bridgehead atoms. The zero-order chi connectivity index (χ0) is 9.40. The molecular weight excluding hydrogens is 146 g/mol. The lowest BCUT2D eigenvalue weighted by molar-refractivity contribution is 0.451. The van der Waals surface area contributed by atoms with Gasteiger partial charge >= 0.3 is 0 Å². The minimum absolute atomic E-state index is 0.849. The van der Waals surface area contributed by atoms with Gasteiger partial charge in [-0.3, -0.25) is 0 Å². The molecule has 0 aliphatic carbocycles. The molecule has 0 spiro atoms. The summed E-state index contributed by atoms with van der Waals surface area (Å²) in [5.41, 5.74) is 0. The predicted molar refractivity (Wildman–Crippen MR) is 56.4 cm³/mol. The summed E-state index contributed by atoms with van der Waals surface area (Å²) in [6.45, 7) is 8.10. The van der Waals surface area contributed by atoms with Crippen molar-refractivity contribution >= 4 is 0 Å².